The quantitative estimate of drug-likeness (QED) is 0.828. The third-order valence-corrected chi connectivity index (χ3v) is 2.89. The van der Waals surface area contributed by atoms with Gasteiger partial charge in [-0.3, -0.25) is 0 Å². The fraction of sp³-hybridized carbons (Fsp3) is 0.286. The van der Waals surface area contributed by atoms with Crippen LogP contribution < -0.4 is 17.7 Å². The highest BCUT2D eigenvalue weighted by molar-refractivity contribution is 6.31. The van der Waals surface area contributed by atoms with Crippen molar-refractivity contribution < 1.29 is 26.3 Å². The van der Waals surface area contributed by atoms with Crippen LogP contribution in [0.5, 0.6) is 0 Å². The maximum Gasteiger partial charge on any atom is 0.141 e. The molecule has 1 heterocycles. The zero-order valence-electron chi connectivity index (χ0n) is 10.9. The number of halogens is 3. The van der Waals surface area contributed by atoms with Gasteiger partial charge < -0.3 is 27.2 Å². The van der Waals surface area contributed by atoms with Crippen molar-refractivity contribution in [2.75, 3.05) is 6.54 Å². The molecule has 0 radical (unpaired) electrons. The molecule has 110 valence electrons. The van der Waals surface area contributed by atoms with E-state index >= 15 is 0 Å². The van der Waals surface area contributed by atoms with Crippen molar-refractivity contribution in [2.24, 2.45) is 0 Å². The monoisotopic (exact) mass is 318 g/mol. The summed E-state index contributed by atoms with van der Waals surface area (Å²) in [5.41, 5.74) is 0.730. The van der Waals surface area contributed by atoms with E-state index in [0.29, 0.717) is 18.8 Å². The van der Waals surface area contributed by atoms with Gasteiger partial charge in [-0.2, -0.15) is 0 Å². The minimum Gasteiger partial charge on any atom is -1.00 e. The summed E-state index contributed by atoms with van der Waals surface area (Å²) in [7, 11) is 0. The summed E-state index contributed by atoms with van der Waals surface area (Å²) in [6.45, 7) is 2.74. The van der Waals surface area contributed by atoms with Gasteiger partial charge in [0.25, 0.3) is 0 Å². The smallest absolute Gasteiger partial charge is 0.141 e. The van der Waals surface area contributed by atoms with Gasteiger partial charge in [0, 0.05) is 12.1 Å². The molecule has 0 aliphatic rings. The van der Waals surface area contributed by atoms with Gasteiger partial charge in [0.2, 0.25) is 0 Å². The summed E-state index contributed by atoms with van der Waals surface area (Å²) in [5, 5.41) is 12.3. The van der Waals surface area contributed by atoms with E-state index < -0.39 is 11.9 Å². The second kappa shape index (κ2) is 7.64. The molecule has 1 aromatic heterocycles. The molecule has 0 aliphatic carbocycles. The molecule has 0 bridgehead atoms. The number of furan rings is 1. The molecule has 20 heavy (non-hydrogen) atoms. The maximum atomic E-state index is 13.1. The number of hydrogen-bond acceptors (Lipinski definition) is 3. The average molecular weight is 319 g/mol. The fourth-order valence-electron chi connectivity index (χ4n) is 1.68. The van der Waals surface area contributed by atoms with Crippen molar-refractivity contribution in [3.63, 3.8) is 0 Å². The van der Waals surface area contributed by atoms with Crippen LogP contribution in [-0.4, -0.2) is 17.8 Å². The number of aliphatic hydroxyl groups excluding tert-OH is 1. The number of hydrogen-bond donors (Lipinski definition) is 2. The standard InChI is InChI=1S/C14H15ClFNO2.ClH/c1-9(18)7-17-8-11-3-5-14(19-11)10-2-4-13(16)12(15)6-10;/h2-6,9,17-18H,7-8H2,1H3;1H/p-1. The maximum absolute atomic E-state index is 13.1. The van der Waals surface area contributed by atoms with E-state index in [2.05, 4.69) is 5.32 Å². The van der Waals surface area contributed by atoms with Gasteiger partial charge in [0.1, 0.15) is 17.3 Å². The highest BCUT2D eigenvalue weighted by Gasteiger charge is 2.07. The lowest BCUT2D eigenvalue weighted by molar-refractivity contribution is -0.00000725. The Labute approximate surface area is 128 Å². The number of nitrogens with one attached hydrogen (secondary N) is 1. The number of benzene rings is 1. The van der Waals surface area contributed by atoms with Gasteiger partial charge in [-0.05, 0) is 37.3 Å². The van der Waals surface area contributed by atoms with Crippen molar-refractivity contribution in [3.05, 3.63) is 46.9 Å². The van der Waals surface area contributed by atoms with Crippen LogP contribution in [0.25, 0.3) is 11.3 Å². The molecular formula is C14H15Cl2FNO2-. The molecule has 6 heteroatoms. The molecule has 1 atom stereocenters. The Morgan fingerprint density at radius 3 is 2.75 bits per heavy atom. The van der Waals surface area contributed by atoms with E-state index in [1.54, 1.807) is 13.0 Å². The van der Waals surface area contributed by atoms with Crippen LogP contribution in [-0.2, 0) is 6.54 Å². The fourth-order valence-corrected chi connectivity index (χ4v) is 1.86. The van der Waals surface area contributed by atoms with Crippen LogP contribution in [0.3, 0.4) is 0 Å². The van der Waals surface area contributed by atoms with Gasteiger partial charge in [-0.1, -0.05) is 11.6 Å². The van der Waals surface area contributed by atoms with E-state index in [4.69, 9.17) is 21.1 Å². The lowest BCUT2D eigenvalue weighted by Crippen LogP contribution is -3.00. The van der Waals surface area contributed by atoms with E-state index in [-0.39, 0.29) is 17.4 Å². The van der Waals surface area contributed by atoms with Crippen LogP contribution in [0.4, 0.5) is 4.39 Å². The first-order valence-corrected chi connectivity index (χ1v) is 6.37. The third kappa shape index (κ3) is 4.49. The van der Waals surface area contributed by atoms with Crippen LogP contribution in [0.15, 0.2) is 34.7 Å². The first kappa shape index (κ1) is 17.0. The first-order valence-electron chi connectivity index (χ1n) is 5.99. The molecule has 2 N–H and O–H groups in total. The lowest BCUT2D eigenvalue weighted by Gasteiger charge is -2.04. The SMILES string of the molecule is CC(O)CNCc1ccc(-c2ccc(F)c(Cl)c2)o1.[Cl-]. The molecule has 0 fully saturated rings. The van der Waals surface area contributed by atoms with Crippen molar-refractivity contribution in [2.45, 2.75) is 19.6 Å². The molecule has 0 spiro atoms. The second-order valence-corrected chi connectivity index (χ2v) is 4.78. The normalized spacial score (nSPS) is 12.0. The van der Waals surface area contributed by atoms with Crippen molar-refractivity contribution in [3.8, 4) is 11.3 Å². The van der Waals surface area contributed by atoms with E-state index in [0.717, 1.165) is 11.3 Å². The van der Waals surface area contributed by atoms with Crippen molar-refractivity contribution >= 4 is 11.6 Å². The third-order valence-electron chi connectivity index (χ3n) is 2.60. The van der Waals surface area contributed by atoms with Gasteiger partial charge >= 0.3 is 0 Å². The van der Waals surface area contributed by atoms with Crippen LogP contribution in [0.2, 0.25) is 5.02 Å². The van der Waals surface area contributed by atoms with Crippen LogP contribution in [0.1, 0.15) is 12.7 Å². The number of rotatable bonds is 5. The largest absolute Gasteiger partial charge is 1.00 e. The Morgan fingerprint density at radius 1 is 1.35 bits per heavy atom. The predicted molar refractivity (Wildman–Crippen MR) is 72.5 cm³/mol. The second-order valence-electron chi connectivity index (χ2n) is 4.37. The summed E-state index contributed by atoms with van der Waals surface area (Å²) in [6.07, 6.45) is -0.398. The Balaban J connectivity index is 0.00000200. The highest BCUT2D eigenvalue weighted by atomic mass is 35.5. The molecule has 0 saturated heterocycles. The zero-order chi connectivity index (χ0) is 13.8. The van der Waals surface area contributed by atoms with E-state index in [9.17, 15) is 4.39 Å². The van der Waals surface area contributed by atoms with Crippen LogP contribution in [0, 0.1) is 5.82 Å². The Kier molecular flexibility index (Phi) is 6.49. The lowest BCUT2D eigenvalue weighted by atomic mass is 10.2. The summed E-state index contributed by atoms with van der Waals surface area (Å²) < 4.78 is 18.7. The molecule has 3 nitrogen and oxygen atoms in total. The summed E-state index contributed by atoms with van der Waals surface area (Å²) in [6, 6.07) is 8.10. The minimum atomic E-state index is -0.448. The van der Waals surface area contributed by atoms with Crippen molar-refractivity contribution in [1.29, 1.82) is 0 Å². The zero-order valence-corrected chi connectivity index (χ0v) is 12.4. The average Bonchev–Trinajstić information content (AvgIpc) is 2.81. The topological polar surface area (TPSA) is 45.4 Å². The summed E-state index contributed by atoms with van der Waals surface area (Å²) in [4.78, 5) is 0. The Bertz CT molecular complexity index is 558. The predicted octanol–water partition coefficient (Wildman–Crippen LogP) is 0.213. The van der Waals surface area contributed by atoms with Gasteiger partial charge in [0.05, 0.1) is 17.7 Å². The molecule has 0 amide bonds. The molecular weight excluding hydrogens is 304 g/mol. The molecule has 1 aromatic carbocycles. The molecule has 1 unspecified atom stereocenters. The summed E-state index contributed by atoms with van der Waals surface area (Å²) >= 11 is 5.73. The molecule has 2 aromatic rings. The number of aliphatic hydroxyl groups is 1. The highest BCUT2D eigenvalue weighted by Crippen LogP contribution is 2.26. The van der Waals surface area contributed by atoms with Crippen LogP contribution >= 0.6 is 11.6 Å². The molecule has 0 aliphatic heterocycles. The van der Waals surface area contributed by atoms with Crippen molar-refractivity contribution in [1.82, 2.24) is 5.32 Å². The molecule has 0 saturated carbocycles. The Morgan fingerprint density at radius 2 is 2.10 bits per heavy atom. The van der Waals surface area contributed by atoms with E-state index in [1.165, 1.54) is 12.1 Å². The minimum absolute atomic E-state index is 0. The first-order chi connectivity index (χ1) is 9.06. The van der Waals surface area contributed by atoms with Gasteiger partial charge in [0.15, 0.2) is 0 Å². The Hall–Kier alpha value is -1.07. The molecule has 2 rings (SSSR count). The van der Waals surface area contributed by atoms with Gasteiger partial charge in [-0.15, -0.1) is 0 Å². The van der Waals surface area contributed by atoms with Gasteiger partial charge in [-0.25, -0.2) is 4.39 Å². The summed E-state index contributed by atoms with van der Waals surface area (Å²) in [5.74, 6) is 0.933. The van der Waals surface area contributed by atoms with E-state index in [1.807, 2.05) is 12.1 Å².